The van der Waals surface area contributed by atoms with E-state index in [-0.39, 0.29) is 18.2 Å². The van der Waals surface area contributed by atoms with E-state index < -0.39 is 18.0 Å². The van der Waals surface area contributed by atoms with Gasteiger partial charge in [-0.25, -0.2) is 9.18 Å². The molecular formula is C26H23ClFNO4. The van der Waals surface area contributed by atoms with Crippen LogP contribution in [-0.4, -0.2) is 40.1 Å². The van der Waals surface area contributed by atoms with Crippen LogP contribution in [0.25, 0.3) is 11.1 Å². The number of rotatable bonds is 6. The highest BCUT2D eigenvalue weighted by atomic mass is 35.5. The number of carboxylic acid groups (broad SMARTS) is 1. The predicted octanol–water partition coefficient (Wildman–Crippen LogP) is 5.53. The zero-order chi connectivity index (χ0) is 23.5. The van der Waals surface area contributed by atoms with Gasteiger partial charge in [-0.15, -0.1) is 0 Å². The van der Waals surface area contributed by atoms with Crippen molar-refractivity contribution in [2.24, 2.45) is 0 Å². The second-order valence-electron chi connectivity index (χ2n) is 8.24. The standard InChI is InChI=1S/C26H23ClFNO4/c27-22-7-3-17(4-8-22)25(31)14-29(26(32)33)23-9-5-16-1-2-18(11-20(16)13-23)19-6-10-24(28)21(12-19)15-30/h1-4,6-8,10-12,15,23,25,31H,5,9,13-14H2,(H,32,33)/t23-,25-/m0/s1. The van der Waals surface area contributed by atoms with Crippen LogP contribution in [0.5, 0.6) is 0 Å². The molecule has 0 unspecified atom stereocenters. The van der Waals surface area contributed by atoms with Crippen molar-refractivity contribution < 1.29 is 24.2 Å². The molecule has 2 atom stereocenters. The highest BCUT2D eigenvalue weighted by molar-refractivity contribution is 6.30. The minimum absolute atomic E-state index is 0.00339. The van der Waals surface area contributed by atoms with Crippen molar-refractivity contribution in [1.29, 1.82) is 0 Å². The first-order chi connectivity index (χ1) is 15.9. The van der Waals surface area contributed by atoms with Crippen LogP contribution < -0.4 is 0 Å². The van der Waals surface area contributed by atoms with Gasteiger partial charge in [0.2, 0.25) is 0 Å². The summed E-state index contributed by atoms with van der Waals surface area (Å²) in [5.41, 5.74) is 4.30. The molecule has 0 saturated heterocycles. The lowest BCUT2D eigenvalue weighted by Crippen LogP contribution is -2.44. The van der Waals surface area contributed by atoms with Crippen molar-refractivity contribution in [3.8, 4) is 11.1 Å². The highest BCUT2D eigenvalue weighted by Gasteiger charge is 2.29. The molecule has 33 heavy (non-hydrogen) atoms. The number of nitrogens with zero attached hydrogens (tertiary/aromatic N) is 1. The SMILES string of the molecule is O=Cc1cc(-c2ccc3c(c2)C[C@@H](N(C[C@H](O)c2ccc(Cl)cc2)C(=O)O)CC3)ccc1F. The Morgan fingerprint density at radius 1 is 1.09 bits per heavy atom. The molecule has 7 heteroatoms. The van der Waals surface area contributed by atoms with Crippen LogP contribution in [0.1, 0.15) is 39.6 Å². The Bertz CT molecular complexity index is 1180. The topological polar surface area (TPSA) is 77.8 Å². The number of benzene rings is 3. The fraction of sp³-hybridized carbons (Fsp3) is 0.231. The molecule has 0 heterocycles. The number of carbonyl (C=O) groups excluding carboxylic acids is 1. The minimum Gasteiger partial charge on any atom is -0.465 e. The minimum atomic E-state index is -1.08. The maximum atomic E-state index is 13.7. The summed E-state index contributed by atoms with van der Waals surface area (Å²) in [4.78, 5) is 24.5. The lowest BCUT2D eigenvalue weighted by Gasteiger charge is -2.34. The van der Waals surface area contributed by atoms with Gasteiger partial charge in [0.1, 0.15) is 5.82 Å². The molecule has 2 N–H and O–H groups in total. The first kappa shape index (κ1) is 23.0. The number of hydrogen-bond acceptors (Lipinski definition) is 3. The van der Waals surface area contributed by atoms with Gasteiger partial charge in [0.15, 0.2) is 6.29 Å². The van der Waals surface area contributed by atoms with Gasteiger partial charge in [0.25, 0.3) is 0 Å². The van der Waals surface area contributed by atoms with Crippen molar-refractivity contribution in [3.63, 3.8) is 0 Å². The summed E-state index contributed by atoms with van der Waals surface area (Å²) in [7, 11) is 0. The van der Waals surface area contributed by atoms with Gasteiger partial charge in [0.05, 0.1) is 18.2 Å². The van der Waals surface area contributed by atoms with Crippen LogP contribution in [0.3, 0.4) is 0 Å². The molecule has 0 aliphatic heterocycles. The molecule has 5 nitrogen and oxygen atoms in total. The number of aryl methyl sites for hydroxylation is 1. The summed E-state index contributed by atoms with van der Waals surface area (Å²) < 4.78 is 13.7. The van der Waals surface area contributed by atoms with Crippen molar-refractivity contribution in [1.82, 2.24) is 4.90 Å². The van der Waals surface area contributed by atoms with Crippen LogP contribution in [0.2, 0.25) is 5.02 Å². The summed E-state index contributed by atoms with van der Waals surface area (Å²) in [6.45, 7) is -0.0443. The van der Waals surface area contributed by atoms with Crippen molar-refractivity contribution in [2.75, 3.05) is 6.54 Å². The molecule has 0 spiro atoms. The number of carbonyl (C=O) groups is 2. The molecular weight excluding hydrogens is 445 g/mol. The van der Waals surface area contributed by atoms with Gasteiger partial charge >= 0.3 is 6.09 Å². The van der Waals surface area contributed by atoms with Gasteiger partial charge in [0, 0.05) is 11.1 Å². The van der Waals surface area contributed by atoms with E-state index in [4.69, 9.17) is 11.6 Å². The van der Waals surface area contributed by atoms with Crippen LogP contribution in [0.15, 0.2) is 60.7 Å². The average molecular weight is 468 g/mol. The van der Waals surface area contributed by atoms with E-state index in [1.807, 2.05) is 18.2 Å². The van der Waals surface area contributed by atoms with E-state index in [1.54, 1.807) is 30.3 Å². The molecule has 0 saturated carbocycles. The summed E-state index contributed by atoms with van der Waals surface area (Å²) in [6.07, 6.45) is 0.310. The van der Waals surface area contributed by atoms with Crippen LogP contribution in [0, 0.1) is 5.82 Å². The number of halogens is 2. The largest absolute Gasteiger partial charge is 0.465 e. The first-order valence-corrected chi connectivity index (χ1v) is 11.0. The maximum absolute atomic E-state index is 13.7. The normalized spacial score (nSPS) is 16.0. The van der Waals surface area contributed by atoms with Gasteiger partial charge in [-0.1, -0.05) is 48.0 Å². The molecule has 1 aliphatic carbocycles. The third-order valence-corrected chi connectivity index (χ3v) is 6.43. The van der Waals surface area contributed by atoms with Gasteiger partial charge < -0.3 is 15.1 Å². The summed E-state index contributed by atoms with van der Waals surface area (Å²) in [5, 5.41) is 21.0. The highest BCUT2D eigenvalue weighted by Crippen LogP contribution is 2.31. The second kappa shape index (κ2) is 9.73. The van der Waals surface area contributed by atoms with E-state index in [0.29, 0.717) is 36.1 Å². The number of aldehydes is 1. The van der Waals surface area contributed by atoms with E-state index in [9.17, 15) is 24.2 Å². The van der Waals surface area contributed by atoms with Crippen molar-refractivity contribution in [2.45, 2.75) is 31.4 Å². The summed E-state index contributed by atoms with van der Waals surface area (Å²) in [6, 6.07) is 16.7. The second-order valence-corrected chi connectivity index (χ2v) is 8.67. The van der Waals surface area contributed by atoms with Gasteiger partial charge in [-0.2, -0.15) is 0 Å². The predicted molar refractivity (Wildman–Crippen MR) is 124 cm³/mol. The van der Waals surface area contributed by atoms with E-state index in [1.165, 1.54) is 17.0 Å². The van der Waals surface area contributed by atoms with Crippen molar-refractivity contribution >= 4 is 24.0 Å². The number of fused-ring (bicyclic) bond motifs is 1. The van der Waals surface area contributed by atoms with Crippen molar-refractivity contribution in [3.05, 3.63) is 93.8 Å². The number of aliphatic hydroxyl groups is 1. The fourth-order valence-corrected chi connectivity index (χ4v) is 4.48. The quantitative estimate of drug-likeness (QED) is 0.467. The Balaban J connectivity index is 1.55. The molecule has 0 radical (unpaired) electrons. The lowest BCUT2D eigenvalue weighted by molar-refractivity contribution is 0.0727. The van der Waals surface area contributed by atoms with Gasteiger partial charge in [-0.05, 0) is 71.3 Å². The molecule has 0 aromatic heterocycles. The van der Waals surface area contributed by atoms with E-state index >= 15 is 0 Å². The molecule has 1 amide bonds. The molecule has 1 aliphatic rings. The monoisotopic (exact) mass is 467 g/mol. The Morgan fingerprint density at radius 2 is 1.79 bits per heavy atom. The third kappa shape index (κ3) is 5.07. The Morgan fingerprint density at radius 3 is 2.48 bits per heavy atom. The van der Waals surface area contributed by atoms with Crippen LogP contribution in [-0.2, 0) is 12.8 Å². The van der Waals surface area contributed by atoms with E-state index in [0.717, 1.165) is 22.3 Å². The molecule has 170 valence electrons. The Hall–Kier alpha value is -3.22. The molecule has 3 aromatic carbocycles. The van der Waals surface area contributed by atoms with E-state index in [2.05, 4.69) is 0 Å². The zero-order valence-corrected chi connectivity index (χ0v) is 18.5. The zero-order valence-electron chi connectivity index (χ0n) is 17.7. The molecule has 0 bridgehead atoms. The Kier molecular flexibility index (Phi) is 6.77. The fourth-order valence-electron chi connectivity index (χ4n) is 4.36. The third-order valence-electron chi connectivity index (χ3n) is 6.18. The summed E-state index contributed by atoms with van der Waals surface area (Å²) >= 11 is 5.90. The smallest absolute Gasteiger partial charge is 0.407 e. The van der Waals surface area contributed by atoms with Crippen LogP contribution >= 0.6 is 11.6 Å². The van der Waals surface area contributed by atoms with Crippen LogP contribution in [0.4, 0.5) is 9.18 Å². The number of amides is 1. The lowest BCUT2D eigenvalue weighted by atomic mass is 9.85. The number of hydrogen-bond donors (Lipinski definition) is 2. The molecule has 0 fully saturated rings. The maximum Gasteiger partial charge on any atom is 0.407 e. The molecule has 3 aromatic rings. The summed E-state index contributed by atoms with van der Waals surface area (Å²) in [5.74, 6) is -0.567. The molecule has 4 rings (SSSR count). The number of aliphatic hydroxyl groups excluding tert-OH is 1. The van der Waals surface area contributed by atoms with Gasteiger partial charge in [-0.3, -0.25) is 4.79 Å². The first-order valence-electron chi connectivity index (χ1n) is 10.7. The average Bonchev–Trinajstić information content (AvgIpc) is 2.82. The Labute approximate surface area is 196 Å².